The Labute approximate surface area is 234 Å². The molecule has 7 N–H and O–H groups in total. The molecule has 0 aliphatic heterocycles. The van der Waals surface area contributed by atoms with E-state index in [0.717, 1.165) is 12.1 Å². The minimum absolute atomic E-state index is 0.0206. The standard InChI is InChI=1S/C30H32FN3O7/c1-34(2)23-18-9-14-8-17-20(25(36)19(14)27(38)30(18,41)28(39)21(26(23)37)29(32)40)24(35)16-7-13(5-6-15(16)22(17)31)11-33-10-12-3-4-12/h5-7,12,14,18,23,33,35,37-38,41H,3-4,8-11H2,1-2H3,(H2,32,40)/t14-,18-,23-,30-/m0/s1. The molecule has 0 unspecified atom stereocenters. The number of halogens is 1. The molecule has 1 saturated carbocycles. The van der Waals surface area contributed by atoms with Gasteiger partial charge in [0.05, 0.1) is 11.6 Å². The summed E-state index contributed by atoms with van der Waals surface area (Å²) in [6, 6.07) is 3.84. The topological polar surface area (TPSA) is 173 Å². The summed E-state index contributed by atoms with van der Waals surface area (Å²) in [5.41, 5.74) is 1.86. The second kappa shape index (κ2) is 9.37. The zero-order chi connectivity index (χ0) is 29.5. The first-order chi connectivity index (χ1) is 19.4. The van der Waals surface area contributed by atoms with E-state index >= 15 is 4.39 Å². The third-order valence-electron chi connectivity index (χ3n) is 9.15. The predicted molar refractivity (Wildman–Crippen MR) is 146 cm³/mol. The number of phenols is 1. The summed E-state index contributed by atoms with van der Waals surface area (Å²) >= 11 is 0. The average molecular weight is 566 g/mol. The van der Waals surface area contributed by atoms with Gasteiger partial charge in [0.1, 0.15) is 28.7 Å². The van der Waals surface area contributed by atoms with Gasteiger partial charge in [0.15, 0.2) is 11.4 Å². The molecule has 1 fully saturated rings. The lowest BCUT2D eigenvalue weighted by Crippen LogP contribution is -2.63. The second-order valence-electron chi connectivity index (χ2n) is 11.9. The number of aliphatic hydroxyl groups is 3. The number of rotatable bonds is 6. The normalized spacial score (nSPS) is 27.8. The van der Waals surface area contributed by atoms with E-state index in [1.807, 2.05) is 0 Å². The number of aromatic hydroxyl groups is 1. The van der Waals surface area contributed by atoms with Crippen molar-refractivity contribution in [3.63, 3.8) is 0 Å². The molecule has 0 heterocycles. The van der Waals surface area contributed by atoms with E-state index in [1.165, 1.54) is 17.7 Å². The minimum atomic E-state index is -2.74. The number of fused-ring (bicyclic) bond motifs is 4. The van der Waals surface area contributed by atoms with E-state index in [0.29, 0.717) is 12.5 Å². The number of hydrogen-bond donors (Lipinski definition) is 6. The fraction of sp³-hybridized carbons (Fsp3) is 0.433. The number of ketones is 2. The molecule has 216 valence electrons. The highest BCUT2D eigenvalue weighted by Gasteiger charge is 2.63. The number of nitrogens with one attached hydrogen (secondary N) is 1. The molecule has 0 radical (unpaired) electrons. The number of primary amides is 1. The number of nitrogens with zero attached hydrogens (tertiary/aromatic N) is 1. The number of likely N-dealkylation sites (N-methyl/N-ethyl adjacent to an activating group) is 1. The van der Waals surface area contributed by atoms with Gasteiger partial charge < -0.3 is 31.5 Å². The van der Waals surface area contributed by atoms with Crippen LogP contribution >= 0.6 is 0 Å². The maximum absolute atomic E-state index is 16.0. The molecule has 10 nitrogen and oxygen atoms in total. The number of carbonyl (C=O) groups excluding carboxylic acids is 3. The molecule has 2 aromatic rings. The summed E-state index contributed by atoms with van der Waals surface area (Å²) < 4.78 is 16.0. The summed E-state index contributed by atoms with van der Waals surface area (Å²) in [4.78, 5) is 40.9. The molecule has 4 aliphatic rings. The zero-order valence-electron chi connectivity index (χ0n) is 22.7. The van der Waals surface area contributed by atoms with Crippen LogP contribution in [0.15, 0.2) is 40.9 Å². The smallest absolute Gasteiger partial charge is 0.255 e. The number of Topliss-reactive ketones (excluding diaryl/α,β-unsaturated/α-hetero) is 2. The van der Waals surface area contributed by atoms with Crippen LogP contribution in [0, 0.1) is 23.6 Å². The Morgan fingerprint density at radius 3 is 2.51 bits per heavy atom. The average Bonchev–Trinajstić information content (AvgIpc) is 3.73. The maximum Gasteiger partial charge on any atom is 0.255 e. The molecule has 6 rings (SSSR count). The van der Waals surface area contributed by atoms with Crippen molar-refractivity contribution in [1.29, 1.82) is 0 Å². The maximum atomic E-state index is 16.0. The molecule has 2 aromatic carbocycles. The van der Waals surface area contributed by atoms with Crippen molar-refractivity contribution in [3.8, 4) is 5.75 Å². The van der Waals surface area contributed by atoms with Gasteiger partial charge in [-0.2, -0.15) is 0 Å². The first-order valence-corrected chi connectivity index (χ1v) is 13.7. The zero-order valence-corrected chi connectivity index (χ0v) is 22.7. The lowest BCUT2D eigenvalue weighted by molar-refractivity contribution is -0.148. The van der Waals surface area contributed by atoms with Crippen LogP contribution in [0.25, 0.3) is 10.8 Å². The minimum Gasteiger partial charge on any atom is -0.510 e. The molecule has 11 heteroatoms. The van der Waals surface area contributed by atoms with E-state index in [2.05, 4.69) is 5.32 Å². The van der Waals surface area contributed by atoms with Crippen molar-refractivity contribution < 1.29 is 39.2 Å². The number of benzene rings is 2. The van der Waals surface area contributed by atoms with Gasteiger partial charge in [0.25, 0.3) is 5.91 Å². The number of allylic oxidation sites excluding steroid dienone is 1. The molecule has 0 saturated heterocycles. The van der Waals surface area contributed by atoms with Crippen LogP contribution in [0.3, 0.4) is 0 Å². The number of amides is 1. The summed E-state index contributed by atoms with van der Waals surface area (Å²) in [5, 5.41) is 48.9. The van der Waals surface area contributed by atoms with Crippen LogP contribution in [0.1, 0.15) is 40.7 Å². The first-order valence-electron chi connectivity index (χ1n) is 13.7. The number of nitrogens with two attached hydrogens (primary N) is 1. The molecular formula is C30H32FN3O7. The highest BCUT2D eigenvalue weighted by molar-refractivity contribution is 6.25. The van der Waals surface area contributed by atoms with Crippen molar-refractivity contribution in [1.82, 2.24) is 10.2 Å². The van der Waals surface area contributed by atoms with Gasteiger partial charge in [0.2, 0.25) is 5.78 Å². The van der Waals surface area contributed by atoms with Crippen molar-refractivity contribution in [2.45, 2.75) is 43.9 Å². The lowest BCUT2D eigenvalue weighted by atomic mass is 9.58. The van der Waals surface area contributed by atoms with Crippen LogP contribution in [0.4, 0.5) is 4.39 Å². The Balaban J connectivity index is 1.48. The Bertz CT molecular complexity index is 1610. The molecule has 0 spiro atoms. The predicted octanol–water partition coefficient (Wildman–Crippen LogP) is 1.91. The molecule has 4 aliphatic carbocycles. The summed E-state index contributed by atoms with van der Waals surface area (Å²) in [6.07, 6.45) is 2.17. The van der Waals surface area contributed by atoms with Crippen LogP contribution < -0.4 is 11.1 Å². The SMILES string of the molecule is CN(C)[C@@H]1C(O)=C(C(N)=O)C(=O)[C@@]2(O)C(O)=C3C(=O)c4c(c(F)c5ccc(CNCC6CC6)cc5c4O)C[C@H]3C[C@@H]12. The first kappa shape index (κ1) is 27.4. The largest absolute Gasteiger partial charge is 0.510 e. The lowest BCUT2D eigenvalue weighted by Gasteiger charge is -2.50. The van der Waals surface area contributed by atoms with Gasteiger partial charge in [-0.15, -0.1) is 0 Å². The third-order valence-corrected chi connectivity index (χ3v) is 9.15. The number of hydrogen-bond acceptors (Lipinski definition) is 9. The molecule has 0 bridgehead atoms. The van der Waals surface area contributed by atoms with Crippen molar-refractivity contribution in [2.24, 2.45) is 23.5 Å². The van der Waals surface area contributed by atoms with Gasteiger partial charge in [-0.05, 0) is 69.8 Å². The fourth-order valence-electron chi connectivity index (χ4n) is 6.97. The van der Waals surface area contributed by atoms with E-state index in [9.17, 15) is 34.8 Å². The number of carbonyl (C=O) groups is 3. The van der Waals surface area contributed by atoms with Crippen molar-refractivity contribution in [2.75, 3.05) is 20.6 Å². The van der Waals surface area contributed by atoms with Gasteiger partial charge >= 0.3 is 0 Å². The highest BCUT2D eigenvalue weighted by atomic mass is 19.1. The molecule has 4 atom stereocenters. The van der Waals surface area contributed by atoms with Gasteiger partial charge in [0, 0.05) is 34.4 Å². The van der Waals surface area contributed by atoms with Gasteiger partial charge in [-0.25, -0.2) is 4.39 Å². The van der Waals surface area contributed by atoms with E-state index in [1.54, 1.807) is 32.3 Å². The van der Waals surface area contributed by atoms with Crippen molar-refractivity contribution in [3.05, 3.63) is 63.4 Å². The van der Waals surface area contributed by atoms with Crippen LogP contribution in [0.5, 0.6) is 5.75 Å². The number of phenolic OH excluding ortho intramolecular Hbond substituents is 1. The molecule has 1 amide bonds. The highest BCUT2D eigenvalue weighted by Crippen LogP contribution is 2.53. The molecular weight excluding hydrogens is 533 g/mol. The van der Waals surface area contributed by atoms with Crippen LogP contribution in [-0.4, -0.2) is 75.1 Å². The summed E-state index contributed by atoms with van der Waals surface area (Å²) in [5.74, 6) is -7.61. The number of aliphatic hydroxyl groups excluding tert-OH is 2. The summed E-state index contributed by atoms with van der Waals surface area (Å²) in [6.45, 7) is 1.36. The van der Waals surface area contributed by atoms with E-state index in [-0.39, 0.29) is 40.3 Å². The fourth-order valence-corrected chi connectivity index (χ4v) is 6.97. The summed E-state index contributed by atoms with van der Waals surface area (Å²) in [7, 11) is 3.10. The monoisotopic (exact) mass is 565 g/mol. The molecule has 0 aromatic heterocycles. The van der Waals surface area contributed by atoms with Crippen LogP contribution in [-0.2, 0) is 22.6 Å². The van der Waals surface area contributed by atoms with E-state index < -0.39 is 69.6 Å². The van der Waals surface area contributed by atoms with Crippen molar-refractivity contribution >= 4 is 28.2 Å². The van der Waals surface area contributed by atoms with E-state index in [4.69, 9.17) is 5.73 Å². The Hall–Kier alpha value is -3.80. The second-order valence-corrected chi connectivity index (χ2v) is 11.9. The third kappa shape index (κ3) is 3.90. The molecule has 41 heavy (non-hydrogen) atoms. The Kier molecular flexibility index (Phi) is 6.25. The van der Waals surface area contributed by atoms with Gasteiger partial charge in [-0.1, -0.05) is 12.1 Å². The quantitative estimate of drug-likeness (QED) is 0.286. The van der Waals surface area contributed by atoms with Crippen LogP contribution in [0.2, 0.25) is 0 Å². The van der Waals surface area contributed by atoms with Gasteiger partial charge in [-0.3, -0.25) is 19.3 Å². The Morgan fingerprint density at radius 2 is 1.88 bits per heavy atom. The Morgan fingerprint density at radius 1 is 1.17 bits per heavy atom.